The lowest BCUT2D eigenvalue weighted by Crippen LogP contribution is -2.28. The van der Waals surface area contributed by atoms with Crippen LogP contribution in [0.1, 0.15) is 49.4 Å². The van der Waals surface area contributed by atoms with Crippen molar-refractivity contribution in [3.63, 3.8) is 0 Å². The van der Waals surface area contributed by atoms with Gasteiger partial charge in [0.2, 0.25) is 5.91 Å². The average molecular weight is 354 g/mol. The van der Waals surface area contributed by atoms with Gasteiger partial charge in [-0.2, -0.15) is 0 Å². The van der Waals surface area contributed by atoms with Gasteiger partial charge in [0.15, 0.2) is 0 Å². The molecule has 1 N–H and O–H groups in total. The van der Waals surface area contributed by atoms with Gasteiger partial charge in [0.05, 0.1) is 6.54 Å². The van der Waals surface area contributed by atoms with E-state index in [1.54, 1.807) is 0 Å². The van der Waals surface area contributed by atoms with Crippen LogP contribution in [0.5, 0.6) is 5.75 Å². The summed E-state index contributed by atoms with van der Waals surface area (Å²) in [5, 5.41) is 2.92. The summed E-state index contributed by atoms with van der Waals surface area (Å²) in [6, 6.07) is 14.7. The Morgan fingerprint density at radius 2 is 1.62 bits per heavy atom. The van der Waals surface area contributed by atoms with Crippen molar-refractivity contribution >= 4 is 5.91 Å². The van der Waals surface area contributed by atoms with Gasteiger partial charge >= 0.3 is 0 Å². The van der Waals surface area contributed by atoms with E-state index < -0.39 is 0 Å². The molecule has 0 aliphatic rings. The van der Waals surface area contributed by atoms with Crippen LogP contribution in [0.4, 0.5) is 0 Å². The molecule has 2 aromatic rings. The van der Waals surface area contributed by atoms with E-state index in [0.29, 0.717) is 19.6 Å². The lowest BCUT2D eigenvalue weighted by molar-refractivity contribution is -0.121. The van der Waals surface area contributed by atoms with Gasteiger partial charge in [-0.3, -0.25) is 4.79 Å². The third-order valence-corrected chi connectivity index (χ3v) is 4.35. The predicted octanol–water partition coefficient (Wildman–Crippen LogP) is 4.73. The summed E-state index contributed by atoms with van der Waals surface area (Å²) >= 11 is 0. The number of benzene rings is 2. The maximum Gasteiger partial charge on any atom is 0.220 e. The van der Waals surface area contributed by atoms with Crippen molar-refractivity contribution in [3.05, 3.63) is 64.7 Å². The highest BCUT2D eigenvalue weighted by Gasteiger charge is 2.12. The Labute approximate surface area is 157 Å². The minimum atomic E-state index is 0.0638. The lowest BCUT2D eigenvalue weighted by Gasteiger charge is -2.19. The van der Waals surface area contributed by atoms with Crippen molar-refractivity contribution in [1.29, 1.82) is 0 Å². The molecule has 0 aromatic heterocycles. The fourth-order valence-corrected chi connectivity index (χ4v) is 2.89. The monoisotopic (exact) mass is 353 g/mol. The molecule has 0 bridgehead atoms. The summed E-state index contributed by atoms with van der Waals surface area (Å²) in [4.78, 5) is 12.0. The van der Waals surface area contributed by atoms with Gasteiger partial charge in [0.1, 0.15) is 12.4 Å². The Hall–Kier alpha value is -2.29. The van der Waals surface area contributed by atoms with E-state index in [1.807, 2.05) is 12.1 Å². The largest absolute Gasteiger partial charge is 0.492 e. The number of carbonyl (C=O) groups is 1. The second-order valence-corrected chi connectivity index (χ2v) is 7.97. The minimum absolute atomic E-state index is 0.0638. The first-order valence-electron chi connectivity index (χ1n) is 9.31. The van der Waals surface area contributed by atoms with E-state index >= 15 is 0 Å². The highest BCUT2D eigenvalue weighted by atomic mass is 16.5. The Bertz CT molecular complexity index is 707. The van der Waals surface area contributed by atoms with Crippen LogP contribution in [0.25, 0.3) is 0 Å². The van der Waals surface area contributed by atoms with E-state index in [-0.39, 0.29) is 11.3 Å². The normalized spacial score (nSPS) is 11.3. The molecule has 0 fully saturated rings. The molecule has 0 unspecified atom stereocenters. The first-order valence-corrected chi connectivity index (χ1v) is 9.31. The van der Waals surface area contributed by atoms with E-state index in [2.05, 4.69) is 70.3 Å². The van der Waals surface area contributed by atoms with E-state index in [9.17, 15) is 4.79 Å². The zero-order valence-electron chi connectivity index (χ0n) is 16.7. The molecule has 3 heteroatoms. The molecule has 0 aliphatic heterocycles. The predicted molar refractivity (Wildman–Crippen MR) is 108 cm³/mol. The molecule has 2 aromatic carbocycles. The highest BCUT2D eigenvalue weighted by molar-refractivity contribution is 5.76. The number of ether oxygens (including phenoxy) is 1. The summed E-state index contributed by atoms with van der Waals surface area (Å²) in [5.74, 6) is 0.921. The van der Waals surface area contributed by atoms with Crippen LogP contribution in [0, 0.1) is 13.8 Å². The molecule has 26 heavy (non-hydrogen) atoms. The Morgan fingerprint density at radius 3 is 2.19 bits per heavy atom. The molecule has 2 rings (SSSR count). The van der Waals surface area contributed by atoms with Gasteiger partial charge in [0, 0.05) is 6.42 Å². The van der Waals surface area contributed by atoms with E-state index in [1.165, 1.54) is 22.3 Å². The highest BCUT2D eigenvalue weighted by Crippen LogP contribution is 2.22. The number of amides is 1. The SMILES string of the molecule is Cc1cc(C)cc(OCCNC(=O)CCc2ccc(C(C)(C)C)cc2)c1. The molecule has 0 aliphatic carbocycles. The molecule has 0 atom stereocenters. The fraction of sp³-hybridized carbons (Fsp3) is 0.435. The quantitative estimate of drug-likeness (QED) is 0.731. The molecule has 0 radical (unpaired) electrons. The molecular formula is C23H31NO2. The van der Waals surface area contributed by atoms with E-state index in [0.717, 1.165) is 12.2 Å². The summed E-state index contributed by atoms with van der Waals surface area (Å²) < 4.78 is 5.71. The number of carbonyl (C=O) groups excluding carboxylic acids is 1. The van der Waals surface area contributed by atoms with Crippen LogP contribution in [0.3, 0.4) is 0 Å². The van der Waals surface area contributed by atoms with Crippen molar-refractivity contribution in [2.24, 2.45) is 0 Å². The maximum absolute atomic E-state index is 12.0. The Kier molecular flexibility index (Phi) is 6.84. The molecule has 140 valence electrons. The number of aryl methyl sites for hydroxylation is 3. The third kappa shape index (κ3) is 6.55. The van der Waals surface area contributed by atoms with Gasteiger partial charge in [-0.1, -0.05) is 51.1 Å². The average Bonchev–Trinajstić information content (AvgIpc) is 2.55. The molecular weight excluding hydrogens is 322 g/mol. The van der Waals surface area contributed by atoms with Crippen LogP contribution in [-0.2, 0) is 16.6 Å². The van der Waals surface area contributed by atoms with Crippen molar-refractivity contribution < 1.29 is 9.53 Å². The number of hydrogen-bond acceptors (Lipinski definition) is 2. The molecule has 0 heterocycles. The van der Waals surface area contributed by atoms with Gasteiger partial charge < -0.3 is 10.1 Å². The Morgan fingerprint density at radius 1 is 1.00 bits per heavy atom. The standard InChI is InChI=1S/C23H31NO2/c1-17-14-18(2)16-21(15-17)26-13-12-24-22(25)11-8-19-6-9-20(10-7-19)23(3,4)5/h6-7,9-10,14-16H,8,11-13H2,1-5H3,(H,24,25). The van der Waals surface area contributed by atoms with Crippen molar-refractivity contribution in [2.45, 2.75) is 52.9 Å². The van der Waals surface area contributed by atoms with Gasteiger partial charge in [0.25, 0.3) is 0 Å². The van der Waals surface area contributed by atoms with Crippen molar-refractivity contribution in [1.82, 2.24) is 5.32 Å². The zero-order chi connectivity index (χ0) is 19.2. The van der Waals surface area contributed by atoms with Crippen LogP contribution in [0.15, 0.2) is 42.5 Å². The third-order valence-electron chi connectivity index (χ3n) is 4.35. The summed E-state index contributed by atoms with van der Waals surface area (Å²) in [6.07, 6.45) is 1.26. The Balaban J connectivity index is 1.69. The van der Waals surface area contributed by atoms with E-state index in [4.69, 9.17) is 4.74 Å². The maximum atomic E-state index is 12.0. The lowest BCUT2D eigenvalue weighted by atomic mass is 9.86. The smallest absolute Gasteiger partial charge is 0.220 e. The molecule has 0 spiro atoms. The van der Waals surface area contributed by atoms with Crippen molar-refractivity contribution in [2.75, 3.05) is 13.2 Å². The fourth-order valence-electron chi connectivity index (χ4n) is 2.89. The number of nitrogens with one attached hydrogen (secondary N) is 1. The molecule has 1 amide bonds. The number of hydrogen-bond donors (Lipinski definition) is 1. The molecule has 3 nitrogen and oxygen atoms in total. The van der Waals surface area contributed by atoms with Gasteiger partial charge in [-0.15, -0.1) is 0 Å². The molecule has 0 saturated heterocycles. The van der Waals surface area contributed by atoms with Crippen LogP contribution >= 0.6 is 0 Å². The van der Waals surface area contributed by atoms with Crippen LogP contribution in [0.2, 0.25) is 0 Å². The summed E-state index contributed by atoms with van der Waals surface area (Å²) in [7, 11) is 0. The number of rotatable bonds is 7. The van der Waals surface area contributed by atoms with Gasteiger partial charge in [-0.05, 0) is 60.1 Å². The first kappa shape index (κ1) is 20.0. The second kappa shape index (κ2) is 8.88. The summed E-state index contributed by atoms with van der Waals surface area (Å²) in [6.45, 7) is 11.7. The summed E-state index contributed by atoms with van der Waals surface area (Å²) in [5.41, 5.74) is 5.03. The minimum Gasteiger partial charge on any atom is -0.492 e. The zero-order valence-corrected chi connectivity index (χ0v) is 16.7. The van der Waals surface area contributed by atoms with Crippen molar-refractivity contribution in [3.8, 4) is 5.75 Å². The van der Waals surface area contributed by atoms with Crippen LogP contribution < -0.4 is 10.1 Å². The first-order chi connectivity index (χ1) is 12.2. The van der Waals surface area contributed by atoms with Crippen LogP contribution in [-0.4, -0.2) is 19.1 Å². The topological polar surface area (TPSA) is 38.3 Å². The van der Waals surface area contributed by atoms with Gasteiger partial charge in [-0.25, -0.2) is 0 Å². The molecule has 0 saturated carbocycles. The second-order valence-electron chi connectivity index (χ2n) is 7.97.